The molecule has 0 amide bonds. The van der Waals surface area contributed by atoms with Crippen molar-refractivity contribution in [2.24, 2.45) is 5.92 Å². The van der Waals surface area contributed by atoms with Gasteiger partial charge in [0.05, 0.1) is 6.10 Å². The van der Waals surface area contributed by atoms with Crippen LogP contribution in [-0.4, -0.2) is 18.2 Å². The number of aliphatic hydroxyl groups excluding tert-OH is 1. The molecule has 1 aliphatic heterocycles. The summed E-state index contributed by atoms with van der Waals surface area (Å²) in [5, 5.41) is 15.3. The Hall–Kier alpha value is -0.380. The van der Waals surface area contributed by atoms with Crippen LogP contribution in [0.2, 0.25) is 0 Å². The molecule has 0 spiro atoms. The van der Waals surface area contributed by atoms with Crippen molar-refractivity contribution in [1.82, 2.24) is 5.32 Å². The fraction of sp³-hybridized carbons (Fsp3) is 0.600. The van der Waals surface area contributed by atoms with E-state index in [0.29, 0.717) is 5.92 Å². The molecule has 2 atom stereocenters. The van der Waals surface area contributed by atoms with Crippen LogP contribution in [0.1, 0.15) is 23.0 Å². The van der Waals surface area contributed by atoms with E-state index in [4.69, 9.17) is 0 Å². The van der Waals surface area contributed by atoms with Crippen molar-refractivity contribution >= 4 is 11.3 Å². The number of rotatable bonds is 2. The number of thiophene rings is 1. The zero-order valence-corrected chi connectivity index (χ0v) is 8.60. The third-order valence-electron chi connectivity index (χ3n) is 2.64. The minimum atomic E-state index is -0.264. The number of nitrogens with one attached hydrogen (secondary N) is 1. The predicted octanol–water partition coefficient (Wildman–Crippen LogP) is 1.70. The van der Waals surface area contributed by atoms with E-state index in [9.17, 15) is 5.11 Å². The molecule has 0 saturated carbocycles. The van der Waals surface area contributed by atoms with Gasteiger partial charge in [-0.3, -0.25) is 0 Å². The summed E-state index contributed by atoms with van der Waals surface area (Å²) in [6.45, 7) is 4.08. The number of hydrogen-bond donors (Lipinski definition) is 2. The monoisotopic (exact) mass is 197 g/mol. The third-order valence-corrected chi connectivity index (χ3v) is 3.52. The van der Waals surface area contributed by atoms with Gasteiger partial charge in [-0.15, -0.1) is 11.3 Å². The minimum absolute atomic E-state index is 0.264. The van der Waals surface area contributed by atoms with Crippen molar-refractivity contribution in [3.63, 3.8) is 0 Å². The van der Waals surface area contributed by atoms with Crippen LogP contribution in [0.4, 0.5) is 0 Å². The summed E-state index contributed by atoms with van der Waals surface area (Å²) in [6, 6.07) is 2.09. The molecule has 1 aliphatic rings. The van der Waals surface area contributed by atoms with Crippen LogP contribution in [0.15, 0.2) is 11.4 Å². The molecule has 1 aromatic heterocycles. The first kappa shape index (κ1) is 9.19. The maximum absolute atomic E-state index is 10.0. The Morgan fingerprint density at radius 3 is 3.08 bits per heavy atom. The van der Waals surface area contributed by atoms with E-state index in [1.54, 1.807) is 11.3 Å². The van der Waals surface area contributed by atoms with Gasteiger partial charge in [0.15, 0.2) is 0 Å². The molecule has 1 aromatic rings. The predicted molar refractivity (Wildman–Crippen MR) is 55.0 cm³/mol. The second-order valence-electron chi connectivity index (χ2n) is 3.69. The maximum atomic E-state index is 10.0. The lowest BCUT2D eigenvalue weighted by Gasteiger charge is -2.15. The fourth-order valence-electron chi connectivity index (χ4n) is 1.84. The zero-order valence-electron chi connectivity index (χ0n) is 7.79. The molecular weight excluding hydrogens is 182 g/mol. The van der Waals surface area contributed by atoms with Crippen molar-refractivity contribution in [1.29, 1.82) is 0 Å². The second kappa shape index (κ2) is 3.78. The van der Waals surface area contributed by atoms with E-state index in [1.165, 1.54) is 4.88 Å². The molecule has 0 aliphatic carbocycles. The van der Waals surface area contributed by atoms with Gasteiger partial charge in [-0.25, -0.2) is 0 Å². The Kier molecular flexibility index (Phi) is 2.67. The number of aliphatic hydroxyl groups is 1. The molecule has 1 fully saturated rings. The Morgan fingerprint density at radius 2 is 2.54 bits per heavy atom. The molecule has 2 heterocycles. The molecule has 1 unspecified atom stereocenters. The molecule has 2 N–H and O–H groups in total. The first-order chi connectivity index (χ1) is 6.27. The zero-order chi connectivity index (χ0) is 9.26. The molecule has 0 bridgehead atoms. The Morgan fingerprint density at radius 1 is 1.69 bits per heavy atom. The summed E-state index contributed by atoms with van der Waals surface area (Å²) in [6.07, 6.45) is 0.829. The van der Waals surface area contributed by atoms with Crippen LogP contribution in [-0.2, 0) is 0 Å². The SMILES string of the molecule is Cc1cc(C(O)[C@H]2CCNC2)cs1. The van der Waals surface area contributed by atoms with Crippen molar-refractivity contribution in [2.75, 3.05) is 13.1 Å². The lowest BCUT2D eigenvalue weighted by Crippen LogP contribution is -2.15. The van der Waals surface area contributed by atoms with Gasteiger partial charge in [0.1, 0.15) is 0 Å². The van der Waals surface area contributed by atoms with Crippen LogP contribution in [0.25, 0.3) is 0 Å². The van der Waals surface area contributed by atoms with Gasteiger partial charge in [0.25, 0.3) is 0 Å². The molecule has 2 nitrogen and oxygen atoms in total. The van der Waals surface area contributed by atoms with Crippen LogP contribution in [0.5, 0.6) is 0 Å². The maximum Gasteiger partial charge on any atom is 0.0838 e. The van der Waals surface area contributed by atoms with E-state index < -0.39 is 0 Å². The number of hydrogen-bond acceptors (Lipinski definition) is 3. The van der Waals surface area contributed by atoms with Crippen molar-refractivity contribution in [3.8, 4) is 0 Å². The van der Waals surface area contributed by atoms with Gasteiger partial charge in [-0.1, -0.05) is 0 Å². The molecule has 3 heteroatoms. The van der Waals surface area contributed by atoms with Crippen LogP contribution in [0.3, 0.4) is 0 Å². The summed E-state index contributed by atoms with van der Waals surface area (Å²) in [4.78, 5) is 1.28. The molecule has 72 valence electrons. The van der Waals surface area contributed by atoms with Gasteiger partial charge < -0.3 is 10.4 Å². The average Bonchev–Trinajstić information content (AvgIpc) is 2.72. The summed E-state index contributed by atoms with van der Waals surface area (Å²) < 4.78 is 0. The summed E-state index contributed by atoms with van der Waals surface area (Å²) in [5.74, 6) is 0.411. The van der Waals surface area contributed by atoms with Gasteiger partial charge in [0.2, 0.25) is 0 Å². The highest BCUT2D eigenvalue weighted by molar-refractivity contribution is 7.10. The lowest BCUT2D eigenvalue weighted by atomic mass is 9.97. The highest BCUT2D eigenvalue weighted by atomic mass is 32.1. The number of aryl methyl sites for hydroxylation is 1. The molecular formula is C10H15NOS. The third kappa shape index (κ3) is 1.93. The molecule has 13 heavy (non-hydrogen) atoms. The normalized spacial score (nSPS) is 24.9. The van der Waals surface area contributed by atoms with E-state index in [2.05, 4.69) is 23.7 Å². The molecule has 0 aromatic carbocycles. The van der Waals surface area contributed by atoms with E-state index >= 15 is 0 Å². The molecule has 0 radical (unpaired) electrons. The fourth-order valence-corrected chi connectivity index (χ4v) is 2.57. The first-order valence-electron chi connectivity index (χ1n) is 4.71. The van der Waals surface area contributed by atoms with E-state index in [-0.39, 0.29) is 6.10 Å². The minimum Gasteiger partial charge on any atom is -0.388 e. The van der Waals surface area contributed by atoms with Crippen molar-refractivity contribution < 1.29 is 5.11 Å². The van der Waals surface area contributed by atoms with Gasteiger partial charge in [0, 0.05) is 17.3 Å². The van der Waals surface area contributed by atoms with Crippen molar-refractivity contribution in [2.45, 2.75) is 19.4 Å². The van der Waals surface area contributed by atoms with E-state index in [1.807, 2.05) is 0 Å². The van der Waals surface area contributed by atoms with Gasteiger partial charge in [-0.05, 0) is 36.9 Å². The Balaban J connectivity index is 2.07. The standard InChI is InChI=1S/C10H15NOS/c1-7-4-9(6-13-7)10(12)8-2-3-11-5-8/h4,6,8,10-12H,2-3,5H2,1H3/t8-,10?/m0/s1. The van der Waals surface area contributed by atoms with Crippen LogP contribution < -0.4 is 5.32 Å². The first-order valence-corrected chi connectivity index (χ1v) is 5.59. The Labute approximate surface area is 82.6 Å². The largest absolute Gasteiger partial charge is 0.388 e. The molecule has 2 rings (SSSR count). The van der Waals surface area contributed by atoms with Crippen LogP contribution in [0, 0.1) is 12.8 Å². The smallest absolute Gasteiger partial charge is 0.0838 e. The highest BCUT2D eigenvalue weighted by Gasteiger charge is 2.24. The molecule has 1 saturated heterocycles. The average molecular weight is 197 g/mol. The topological polar surface area (TPSA) is 32.3 Å². The summed E-state index contributed by atoms with van der Waals surface area (Å²) in [7, 11) is 0. The van der Waals surface area contributed by atoms with Crippen molar-refractivity contribution in [3.05, 3.63) is 21.9 Å². The quantitative estimate of drug-likeness (QED) is 0.756. The summed E-state index contributed by atoms with van der Waals surface area (Å²) in [5.41, 5.74) is 1.09. The van der Waals surface area contributed by atoms with Gasteiger partial charge >= 0.3 is 0 Å². The van der Waals surface area contributed by atoms with E-state index in [0.717, 1.165) is 25.1 Å². The Bertz CT molecular complexity index is 278. The van der Waals surface area contributed by atoms with Crippen LogP contribution >= 0.6 is 11.3 Å². The second-order valence-corrected chi connectivity index (χ2v) is 4.80. The lowest BCUT2D eigenvalue weighted by molar-refractivity contribution is 0.118. The highest BCUT2D eigenvalue weighted by Crippen LogP contribution is 2.29. The van der Waals surface area contributed by atoms with Gasteiger partial charge in [-0.2, -0.15) is 0 Å². The summed E-state index contributed by atoms with van der Waals surface area (Å²) >= 11 is 1.71.